The second-order valence-electron chi connectivity index (χ2n) is 4.68. The fraction of sp³-hybridized carbons (Fsp3) is 0.125. The van der Waals surface area contributed by atoms with E-state index in [1.54, 1.807) is 7.05 Å². The van der Waals surface area contributed by atoms with Gasteiger partial charge in [-0.05, 0) is 0 Å². The molecule has 1 aliphatic heterocycles. The molecular weight excluding hydrogens is 266 g/mol. The van der Waals surface area contributed by atoms with Crippen molar-refractivity contribution in [3.05, 3.63) is 71.8 Å². The van der Waals surface area contributed by atoms with E-state index in [0.29, 0.717) is 11.4 Å². The largest absolute Gasteiger partial charge is 0.251 e. The zero-order valence-corrected chi connectivity index (χ0v) is 11.5. The molecule has 0 radical (unpaired) electrons. The number of hydrazone groups is 2. The Bertz CT molecular complexity index is 611. The minimum Gasteiger partial charge on any atom is -0.251 e. The molecule has 0 fully saturated rings. The molecule has 0 saturated heterocycles. The standard InChI is InChI=1S/C16H15N3O2/c1-19-17-14(12-8-4-2-5-9-12)16(21-20)15(18-19)13-10-6-3-7-11-13/h2-11,16,20H,1H3. The molecule has 0 aromatic heterocycles. The van der Waals surface area contributed by atoms with Crippen LogP contribution in [0.5, 0.6) is 0 Å². The Kier molecular flexibility index (Phi) is 3.77. The number of nitrogens with zero attached hydrogens (tertiary/aromatic N) is 3. The Hall–Kier alpha value is -2.50. The smallest absolute Gasteiger partial charge is 0.181 e. The second-order valence-corrected chi connectivity index (χ2v) is 4.68. The Balaban J connectivity index is 2.04. The predicted octanol–water partition coefficient (Wildman–Crippen LogP) is 2.60. The maximum absolute atomic E-state index is 9.36. The number of hydrogen-bond acceptors (Lipinski definition) is 5. The Morgan fingerprint density at radius 3 is 1.67 bits per heavy atom. The van der Waals surface area contributed by atoms with E-state index >= 15 is 0 Å². The van der Waals surface area contributed by atoms with E-state index in [1.165, 1.54) is 5.12 Å². The molecule has 1 heterocycles. The van der Waals surface area contributed by atoms with Gasteiger partial charge in [0.25, 0.3) is 0 Å². The monoisotopic (exact) mass is 281 g/mol. The Labute approximate surface area is 122 Å². The molecule has 2 aromatic rings. The molecule has 0 aliphatic carbocycles. The van der Waals surface area contributed by atoms with Gasteiger partial charge in [-0.15, -0.1) is 0 Å². The van der Waals surface area contributed by atoms with Crippen molar-refractivity contribution in [1.82, 2.24) is 5.12 Å². The van der Waals surface area contributed by atoms with Gasteiger partial charge in [0.05, 0.1) is 0 Å². The minimum absolute atomic E-state index is 0.620. The third-order valence-electron chi connectivity index (χ3n) is 3.25. The van der Waals surface area contributed by atoms with E-state index < -0.39 is 6.10 Å². The predicted molar refractivity (Wildman–Crippen MR) is 81.2 cm³/mol. The van der Waals surface area contributed by atoms with Gasteiger partial charge in [0.2, 0.25) is 0 Å². The van der Waals surface area contributed by atoms with Crippen molar-refractivity contribution >= 4 is 11.4 Å². The summed E-state index contributed by atoms with van der Waals surface area (Å²) < 4.78 is 0. The Morgan fingerprint density at radius 1 is 0.857 bits per heavy atom. The molecule has 0 bridgehead atoms. The summed E-state index contributed by atoms with van der Waals surface area (Å²) in [7, 11) is 1.75. The van der Waals surface area contributed by atoms with Gasteiger partial charge in [0.15, 0.2) is 6.10 Å². The molecule has 5 heteroatoms. The summed E-state index contributed by atoms with van der Waals surface area (Å²) in [6.45, 7) is 0. The molecule has 0 amide bonds. The lowest BCUT2D eigenvalue weighted by Crippen LogP contribution is -2.39. The fourth-order valence-electron chi connectivity index (χ4n) is 2.30. The maximum Gasteiger partial charge on any atom is 0.181 e. The summed E-state index contributed by atoms with van der Waals surface area (Å²) in [5.74, 6) is 0. The van der Waals surface area contributed by atoms with Crippen LogP contribution in [-0.2, 0) is 4.89 Å². The first-order chi connectivity index (χ1) is 10.3. The van der Waals surface area contributed by atoms with Gasteiger partial charge < -0.3 is 0 Å². The first-order valence-corrected chi connectivity index (χ1v) is 6.61. The van der Waals surface area contributed by atoms with E-state index in [0.717, 1.165) is 11.1 Å². The molecule has 1 N–H and O–H groups in total. The molecule has 0 spiro atoms. The fourth-order valence-corrected chi connectivity index (χ4v) is 2.30. The average molecular weight is 281 g/mol. The van der Waals surface area contributed by atoms with Gasteiger partial charge in [0.1, 0.15) is 11.4 Å². The third kappa shape index (κ3) is 2.69. The minimum atomic E-state index is -0.717. The van der Waals surface area contributed by atoms with Crippen molar-refractivity contribution < 1.29 is 10.1 Å². The van der Waals surface area contributed by atoms with Crippen LogP contribution in [0.2, 0.25) is 0 Å². The molecule has 0 atom stereocenters. The van der Waals surface area contributed by atoms with E-state index in [1.807, 2.05) is 60.7 Å². The zero-order valence-electron chi connectivity index (χ0n) is 11.5. The van der Waals surface area contributed by atoms with Crippen molar-refractivity contribution in [2.24, 2.45) is 10.2 Å². The molecule has 106 valence electrons. The van der Waals surface area contributed by atoms with Crippen LogP contribution in [0.25, 0.3) is 0 Å². The average Bonchev–Trinajstić information content (AvgIpc) is 2.55. The van der Waals surface area contributed by atoms with Gasteiger partial charge >= 0.3 is 0 Å². The summed E-state index contributed by atoms with van der Waals surface area (Å²) in [6, 6.07) is 19.2. The summed E-state index contributed by atoms with van der Waals surface area (Å²) >= 11 is 0. The molecule has 3 rings (SSSR count). The normalized spacial score (nSPS) is 15.6. The zero-order chi connectivity index (χ0) is 14.7. The van der Waals surface area contributed by atoms with Crippen molar-refractivity contribution in [3.63, 3.8) is 0 Å². The molecule has 0 saturated carbocycles. The molecule has 0 unspecified atom stereocenters. The highest BCUT2D eigenvalue weighted by Gasteiger charge is 2.30. The number of benzene rings is 2. The second kappa shape index (κ2) is 5.87. The van der Waals surface area contributed by atoms with Crippen LogP contribution in [0.3, 0.4) is 0 Å². The van der Waals surface area contributed by atoms with Crippen LogP contribution in [0.1, 0.15) is 11.1 Å². The Morgan fingerprint density at radius 2 is 1.29 bits per heavy atom. The molecule has 1 aliphatic rings. The van der Waals surface area contributed by atoms with Crippen LogP contribution in [0, 0.1) is 0 Å². The van der Waals surface area contributed by atoms with E-state index in [9.17, 15) is 5.26 Å². The van der Waals surface area contributed by atoms with E-state index in [-0.39, 0.29) is 0 Å². The van der Waals surface area contributed by atoms with E-state index in [4.69, 9.17) is 0 Å². The summed E-state index contributed by atoms with van der Waals surface area (Å²) in [5, 5.41) is 19.6. The lowest BCUT2D eigenvalue weighted by Gasteiger charge is -2.25. The van der Waals surface area contributed by atoms with Gasteiger partial charge in [-0.25, -0.2) is 4.89 Å². The quantitative estimate of drug-likeness (QED) is 0.695. The first kappa shape index (κ1) is 13.5. The highest BCUT2D eigenvalue weighted by molar-refractivity contribution is 6.23. The van der Waals surface area contributed by atoms with Crippen molar-refractivity contribution in [1.29, 1.82) is 0 Å². The molecule has 21 heavy (non-hydrogen) atoms. The summed E-state index contributed by atoms with van der Waals surface area (Å²) in [6.07, 6.45) is -0.717. The molecule has 2 aromatic carbocycles. The summed E-state index contributed by atoms with van der Waals surface area (Å²) in [5.41, 5.74) is 3.00. The van der Waals surface area contributed by atoms with E-state index in [2.05, 4.69) is 15.1 Å². The van der Waals surface area contributed by atoms with Gasteiger partial charge in [-0.2, -0.15) is 15.3 Å². The maximum atomic E-state index is 9.36. The van der Waals surface area contributed by atoms with Crippen LogP contribution in [-0.4, -0.2) is 35.0 Å². The van der Waals surface area contributed by atoms with Gasteiger partial charge in [0, 0.05) is 18.2 Å². The van der Waals surface area contributed by atoms with Crippen LogP contribution in [0.4, 0.5) is 0 Å². The molecular formula is C16H15N3O2. The van der Waals surface area contributed by atoms with Crippen LogP contribution in [0.15, 0.2) is 70.9 Å². The van der Waals surface area contributed by atoms with Gasteiger partial charge in [-0.3, -0.25) is 5.26 Å². The lowest BCUT2D eigenvalue weighted by atomic mass is 9.97. The lowest BCUT2D eigenvalue weighted by molar-refractivity contribution is -0.244. The topological polar surface area (TPSA) is 57.4 Å². The highest BCUT2D eigenvalue weighted by Crippen LogP contribution is 2.18. The van der Waals surface area contributed by atoms with Crippen molar-refractivity contribution in [2.45, 2.75) is 6.10 Å². The first-order valence-electron chi connectivity index (χ1n) is 6.61. The molecule has 5 nitrogen and oxygen atoms in total. The summed E-state index contributed by atoms with van der Waals surface area (Å²) in [4.78, 5) is 4.69. The highest BCUT2D eigenvalue weighted by atomic mass is 17.1. The third-order valence-corrected chi connectivity index (χ3v) is 3.25. The van der Waals surface area contributed by atoms with Crippen molar-refractivity contribution in [2.75, 3.05) is 7.05 Å². The van der Waals surface area contributed by atoms with Crippen molar-refractivity contribution in [3.8, 4) is 0 Å². The SMILES string of the molecule is CN1N=C(c2ccccc2)C(OO)C(c2ccccc2)=N1. The van der Waals surface area contributed by atoms with Gasteiger partial charge in [-0.1, -0.05) is 60.7 Å². The number of rotatable bonds is 3. The van der Waals surface area contributed by atoms with Crippen LogP contribution < -0.4 is 0 Å². The number of hydrogen-bond donors (Lipinski definition) is 1. The van der Waals surface area contributed by atoms with Crippen LogP contribution >= 0.6 is 0 Å².